The summed E-state index contributed by atoms with van der Waals surface area (Å²) in [7, 11) is 1.54. The van der Waals surface area contributed by atoms with Gasteiger partial charge in [-0.15, -0.1) is 12.3 Å². The lowest BCUT2D eigenvalue weighted by molar-refractivity contribution is 0.127. The van der Waals surface area contributed by atoms with Gasteiger partial charge in [0.15, 0.2) is 18.1 Å². The second-order valence-corrected chi connectivity index (χ2v) is 6.10. The van der Waals surface area contributed by atoms with Crippen LogP contribution in [0.15, 0.2) is 63.0 Å². The first kappa shape index (κ1) is 21.3. The van der Waals surface area contributed by atoms with Crippen LogP contribution in [0.5, 0.6) is 0 Å². The minimum Gasteiger partial charge on any atom is -0.448 e. The second kappa shape index (κ2) is 10.4. The van der Waals surface area contributed by atoms with Gasteiger partial charge in [0.1, 0.15) is 12.4 Å². The number of aryl methyl sites for hydroxylation is 1. The standard InChI is InChI=1S/C21H19N5O5/c1-3-4-13-29-20(27)23-17-12-8-11-16(22-17)14-30-25-18(15-9-6-5-7-10-15)19-24-21(28)31-26(19)2/h1,5-12H,4,13-14H2,2H3,(H,22,23,27)/b25-18-. The van der Waals surface area contributed by atoms with Crippen LogP contribution in [0.3, 0.4) is 0 Å². The molecule has 1 aromatic carbocycles. The summed E-state index contributed by atoms with van der Waals surface area (Å²) < 4.78 is 11.0. The van der Waals surface area contributed by atoms with E-state index < -0.39 is 11.8 Å². The Morgan fingerprint density at radius 2 is 2.03 bits per heavy atom. The van der Waals surface area contributed by atoms with Gasteiger partial charge in [0.05, 0.1) is 5.69 Å². The summed E-state index contributed by atoms with van der Waals surface area (Å²) in [4.78, 5) is 36.8. The summed E-state index contributed by atoms with van der Waals surface area (Å²) in [5, 5.41) is 6.65. The number of hydrogen-bond donors (Lipinski definition) is 1. The van der Waals surface area contributed by atoms with E-state index in [1.165, 1.54) is 4.74 Å². The van der Waals surface area contributed by atoms with Gasteiger partial charge in [0.25, 0.3) is 0 Å². The molecular weight excluding hydrogens is 402 g/mol. The molecule has 0 radical (unpaired) electrons. The minimum absolute atomic E-state index is 0.00376. The monoisotopic (exact) mass is 421 g/mol. The summed E-state index contributed by atoms with van der Waals surface area (Å²) in [6.45, 7) is 0.121. The second-order valence-electron chi connectivity index (χ2n) is 6.10. The number of hydrogen-bond acceptors (Lipinski definition) is 8. The average Bonchev–Trinajstić information content (AvgIpc) is 3.10. The number of nitrogens with zero attached hydrogens (tertiary/aromatic N) is 4. The molecule has 0 aliphatic rings. The van der Waals surface area contributed by atoms with E-state index in [1.54, 1.807) is 37.4 Å². The van der Waals surface area contributed by atoms with E-state index in [0.29, 0.717) is 23.4 Å². The highest BCUT2D eigenvalue weighted by molar-refractivity contribution is 6.10. The van der Waals surface area contributed by atoms with Crippen molar-refractivity contribution in [1.29, 1.82) is 0 Å². The van der Waals surface area contributed by atoms with Crippen LogP contribution < -0.4 is 11.1 Å². The van der Waals surface area contributed by atoms with Crippen LogP contribution in [0.2, 0.25) is 0 Å². The molecule has 0 atom stereocenters. The Labute approximate surface area is 177 Å². The topological polar surface area (TPSA) is 121 Å². The highest BCUT2D eigenvalue weighted by Gasteiger charge is 2.16. The third-order valence-corrected chi connectivity index (χ3v) is 3.85. The van der Waals surface area contributed by atoms with E-state index in [9.17, 15) is 9.59 Å². The van der Waals surface area contributed by atoms with Gasteiger partial charge in [0.2, 0.25) is 0 Å². The molecule has 0 bridgehead atoms. The number of pyridine rings is 1. The van der Waals surface area contributed by atoms with Gasteiger partial charge in [-0.3, -0.25) is 5.32 Å². The van der Waals surface area contributed by atoms with Crippen molar-refractivity contribution in [3.05, 3.63) is 76.2 Å². The van der Waals surface area contributed by atoms with Crippen LogP contribution in [0.4, 0.5) is 10.6 Å². The SMILES string of the molecule is C#CCCOC(=O)Nc1cccc(CO/N=C(/c2ccccc2)c2nc(=O)on2C)n1. The minimum atomic E-state index is -0.740. The molecule has 158 valence electrons. The lowest BCUT2D eigenvalue weighted by Gasteiger charge is -2.08. The Morgan fingerprint density at radius 1 is 1.23 bits per heavy atom. The number of rotatable bonds is 8. The molecule has 1 N–H and O–H groups in total. The molecule has 3 rings (SSSR count). The van der Waals surface area contributed by atoms with Crippen molar-refractivity contribution in [2.75, 3.05) is 11.9 Å². The average molecular weight is 421 g/mol. The molecule has 31 heavy (non-hydrogen) atoms. The molecule has 0 unspecified atom stereocenters. The fraction of sp³-hybridized carbons (Fsp3) is 0.190. The Balaban J connectivity index is 1.71. The molecule has 2 aromatic heterocycles. The Bertz CT molecular complexity index is 1160. The molecule has 10 heteroatoms. The van der Waals surface area contributed by atoms with E-state index in [-0.39, 0.29) is 24.9 Å². The third-order valence-electron chi connectivity index (χ3n) is 3.85. The summed E-state index contributed by atoms with van der Waals surface area (Å²) in [5.74, 6) is 2.14. The first-order valence-corrected chi connectivity index (χ1v) is 9.20. The van der Waals surface area contributed by atoms with Crippen LogP contribution in [-0.2, 0) is 23.2 Å². The number of nitrogens with one attached hydrogen (secondary N) is 1. The van der Waals surface area contributed by atoms with E-state index in [4.69, 9.17) is 20.5 Å². The first-order chi connectivity index (χ1) is 15.1. The maximum Gasteiger partial charge on any atom is 0.460 e. The molecule has 0 saturated carbocycles. The number of carbonyl (C=O) groups excluding carboxylic acids is 1. The molecule has 0 fully saturated rings. The zero-order chi connectivity index (χ0) is 22.1. The molecule has 0 saturated heterocycles. The van der Waals surface area contributed by atoms with Crippen molar-refractivity contribution in [3.8, 4) is 12.3 Å². The predicted molar refractivity (Wildman–Crippen MR) is 111 cm³/mol. The van der Waals surface area contributed by atoms with Crippen LogP contribution >= 0.6 is 0 Å². The van der Waals surface area contributed by atoms with Crippen molar-refractivity contribution in [2.24, 2.45) is 12.2 Å². The van der Waals surface area contributed by atoms with Crippen LogP contribution in [0.25, 0.3) is 0 Å². The molecule has 10 nitrogen and oxygen atoms in total. The maximum absolute atomic E-state index is 11.7. The fourth-order valence-electron chi connectivity index (χ4n) is 2.49. The molecule has 0 aliphatic heterocycles. The normalized spacial score (nSPS) is 10.9. The summed E-state index contributed by atoms with van der Waals surface area (Å²) in [5.41, 5.74) is 1.51. The van der Waals surface area contributed by atoms with Crippen molar-refractivity contribution in [1.82, 2.24) is 14.7 Å². The van der Waals surface area contributed by atoms with E-state index in [2.05, 4.69) is 26.4 Å². The maximum atomic E-state index is 11.7. The zero-order valence-electron chi connectivity index (χ0n) is 16.6. The van der Waals surface area contributed by atoms with Crippen molar-refractivity contribution in [3.63, 3.8) is 0 Å². The van der Waals surface area contributed by atoms with E-state index in [0.717, 1.165) is 0 Å². The van der Waals surface area contributed by atoms with Crippen molar-refractivity contribution >= 4 is 17.6 Å². The molecule has 2 heterocycles. The summed E-state index contributed by atoms with van der Waals surface area (Å²) in [6, 6.07) is 14.1. The highest BCUT2D eigenvalue weighted by Crippen LogP contribution is 2.11. The Morgan fingerprint density at radius 3 is 2.74 bits per heavy atom. The van der Waals surface area contributed by atoms with Gasteiger partial charge in [-0.2, -0.15) is 9.72 Å². The molecule has 1 amide bonds. The van der Waals surface area contributed by atoms with Crippen LogP contribution in [0.1, 0.15) is 23.5 Å². The van der Waals surface area contributed by atoms with Crippen molar-refractivity contribution < 1.29 is 18.9 Å². The van der Waals surface area contributed by atoms with E-state index in [1.807, 2.05) is 18.2 Å². The number of carbonyl (C=O) groups is 1. The van der Waals surface area contributed by atoms with Gasteiger partial charge in [0, 0.05) is 19.0 Å². The predicted octanol–water partition coefficient (Wildman–Crippen LogP) is 2.31. The molecule has 0 aliphatic carbocycles. The molecule has 0 spiro atoms. The zero-order valence-corrected chi connectivity index (χ0v) is 16.6. The largest absolute Gasteiger partial charge is 0.460 e. The fourth-order valence-corrected chi connectivity index (χ4v) is 2.49. The van der Waals surface area contributed by atoms with Gasteiger partial charge in [-0.1, -0.05) is 41.6 Å². The third kappa shape index (κ3) is 6.04. The lowest BCUT2D eigenvalue weighted by atomic mass is 10.1. The van der Waals surface area contributed by atoms with Crippen LogP contribution in [-0.4, -0.2) is 33.1 Å². The number of aromatic nitrogens is 3. The van der Waals surface area contributed by atoms with Gasteiger partial charge >= 0.3 is 11.8 Å². The smallest absolute Gasteiger partial charge is 0.448 e. The number of oxime groups is 1. The lowest BCUT2D eigenvalue weighted by Crippen LogP contribution is -2.15. The highest BCUT2D eigenvalue weighted by atomic mass is 16.6. The molecule has 3 aromatic rings. The number of anilines is 1. The molecular formula is C21H19N5O5. The summed E-state index contributed by atoms with van der Waals surface area (Å²) >= 11 is 0. The van der Waals surface area contributed by atoms with Gasteiger partial charge in [-0.05, 0) is 12.1 Å². The van der Waals surface area contributed by atoms with Crippen LogP contribution in [0, 0.1) is 12.3 Å². The Kier molecular flexibility index (Phi) is 7.16. The van der Waals surface area contributed by atoms with Gasteiger partial charge in [-0.25, -0.2) is 14.6 Å². The quantitative estimate of drug-likeness (QED) is 0.256. The number of ether oxygens (including phenoxy) is 1. The Hall–Kier alpha value is -4.39. The van der Waals surface area contributed by atoms with Gasteiger partial charge < -0.3 is 14.1 Å². The van der Waals surface area contributed by atoms with Crippen molar-refractivity contribution in [2.45, 2.75) is 13.0 Å². The first-order valence-electron chi connectivity index (χ1n) is 9.20. The van der Waals surface area contributed by atoms with E-state index >= 15 is 0 Å². The number of amides is 1. The number of benzene rings is 1. The number of terminal acetylenes is 1. The summed E-state index contributed by atoms with van der Waals surface area (Å²) in [6.07, 6.45) is 4.79.